The normalized spacial score (nSPS) is 11.6. The Kier molecular flexibility index (Phi) is 6.53. The Labute approximate surface area is 290 Å². The molecule has 0 bridgehead atoms. The van der Waals surface area contributed by atoms with Crippen molar-refractivity contribution in [1.29, 1.82) is 0 Å². The van der Waals surface area contributed by atoms with Crippen molar-refractivity contribution in [3.05, 3.63) is 188 Å². The second-order valence-corrected chi connectivity index (χ2v) is 13.0. The van der Waals surface area contributed by atoms with Gasteiger partial charge in [0.15, 0.2) is 5.58 Å². The average molecular weight is 638 g/mol. The van der Waals surface area contributed by atoms with Crippen molar-refractivity contribution in [2.45, 2.75) is 0 Å². The molecule has 10 rings (SSSR count). The molecule has 2 nitrogen and oxygen atoms in total. The lowest BCUT2D eigenvalue weighted by atomic mass is 10.00. The smallest absolute Gasteiger partial charge is 0.159 e. The Morgan fingerprint density at radius 3 is 1.78 bits per heavy atom. The molecule has 10 aromatic rings. The fraction of sp³-hybridized carbons (Fsp3) is 0. The van der Waals surface area contributed by atoms with E-state index in [1.54, 1.807) is 0 Å². The van der Waals surface area contributed by atoms with Crippen LogP contribution >= 0.6 is 0 Å². The molecule has 0 unspecified atom stereocenters. The molecule has 0 saturated carbocycles. The topological polar surface area (TPSA) is 16.4 Å². The standard InChI is InChI=1S/C48H31NO/c1-2-9-32(10-3-1)39-24-28-43-44-15-8-16-46(48(44)50-47(43)30-39)49(41-27-23-36-19-18-35-12-6-7-14-42(35)45(36)31-41)40-25-21-34(22-26-40)38-20-17-33-11-4-5-13-37(33)29-38/h1-31H. The van der Waals surface area contributed by atoms with Crippen LogP contribution in [0.15, 0.2) is 192 Å². The van der Waals surface area contributed by atoms with Crippen LogP contribution in [-0.2, 0) is 0 Å². The van der Waals surface area contributed by atoms with Crippen molar-refractivity contribution in [1.82, 2.24) is 0 Å². The minimum absolute atomic E-state index is 0.865. The van der Waals surface area contributed by atoms with E-state index < -0.39 is 0 Å². The van der Waals surface area contributed by atoms with E-state index in [4.69, 9.17) is 4.42 Å². The fourth-order valence-corrected chi connectivity index (χ4v) is 7.50. The van der Waals surface area contributed by atoms with E-state index in [2.05, 4.69) is 187 Å². The maximum Gasteiger partial charge on any atom is 0.159 e. The first-order valence-corrected chi connectivity index (χ1v) is 17.1. The van der Waals surface area contributed by atoms with Gasteiger partial charge in [0.1, 0.15) is 5.58 Å². The predicted molar refractivity (Wildman–Crippen MR) is 212 cm³/mol. The molecule has 9 aromatic carbocycles. The maximum atomic E-state index is 6.82. The van der Waals surface area contributed by atoms with Gasteiger partial charge < -0.3 is 9.32 Å². The molecule has 0 atom stereocenters. The second kappa shape index (κ2) is 11.5. The van der Waals surface area contributed by atoms with Crippen LogP contribution in [0.4, 0.5) is 17.1 Å². The number of hydrogen-bond donors (Lipinski definition) is 0. The molecule has 1 aromatic heterocycles. The first-order chi connectivity index (χ1) is 24.8. The Morgan fingerprint density at radius 2 is 0.920 bits per heavy atom. The van der Waals surface area contributed by atoms with Crippen molar-refractivity contribution in [3.8, 4) is 22.3 Å². The number of nitrogens with zero attached hydrogens (tertiary/aromatic N) is 1. The van der Waals surface area contributed by atoms with Crippen molar-refractivity contribution < 1.29 is 4.42 Å². The summed E-state index contributed by atoms with van der Waals surface area (Å²) in [5.41, 5.74) is 9.57. The Morgan fingerprint density at radius 1 is 0.320 bits per heavy atom. The number of fused-ring (bicyclic) bond motifs is 7. The first-order valence-electron chi connectivity index (χ1n) is 17.1. The third-order valence-corrected chi connectivity index (χ3v) is 10.0. The summed E-state index contributed by atoms with van der Waals surface area (Å²) in [6.07, 6.45) is 0. The molecule has 0 aliphatic rings. The number of benzene rings is 9. The minimum Gasteiger partial charge on any atom is -0.454 e. The van der Waals surface area contributed by atoms with Gasteiger partial charge in [-0.1, -0.05) is 140 Å². The van der Waals surface area contributed by atoms with Crippen LogP contribution in [0, 0.1) is 0 Å². The lowest BCUT2D eigenvalue weighted by molar-refractivity contribution is 0.669. The van der Waals surface area contributed by atoms with Crippen molar-refractivity contribution in [3.63, 3.8) is 0 Å². The molecule has 0 aliphatic carbocycles. The zero-order chi connectivity index (χ0) is 33.0. The van der Waals surface area contributed by atoms with Gasteiger partial charge in [-0.05, 0) is 103 Å². The number of rotatable bonds is 5. The quantitative estimate of drug-likeness (QED) is 0.175. The summed E-state index contributed by atoms with van der Waals surface area (Å²) in [6.45, 7) is 0. The van der Waals surface area contributed by atoms with Crippen LogP contribution in [0.5, 0.6) is 0 Å². The van der Waals surface area contributed by atoms with Gasteiger partial charge in [-0.25, -0.2) is 0 Å². The molecule has 0 aliphatic heterocycles. The van der Waals surface area contributed by atoms with Gasteiger partial charge in [-0.3, -0.25) is 0 Å². The molecule has 0 amide bonds. The molecule has 0 radical (unpaired) electrons. The highest BCUT2D eigenvalue weighted by molar-refractivity contribution is 6.12. The Balaban J connectivity index is 1.16. The zero-order valence-corrected chi connectivity index (χ0v) is 27.3. The van der Waals surface area contributed by atoms with Crippen molar-refractivity contribution in [2.75, 3.05) is 4.90 Å². The third kappa shape index (κ3) is 4.73. The lowest BCUT2D eigenvalue weighted by Gasteiger charge is -2.26. The van der Waals surface area contributed by atoms with Crippen molar-refractivity contribution >= 4 is 71.3 Å². The molecule has 0 saturated heterocycles. The molecule has 1 heterocycles. The maximum absolute atomic E-state index is 6.82. The second-order valence-electron chi connectivity index (χ2n) is 13.0. The Hall–Kier alpha value is -6.64. The number of anilines is 3. The van der Waals surface area contributed by atoms with Crippen LogP contribution in [0.1, 0.15) is 0 Å². The van der Waals surface area contributed by atoms with E-state index in [0.717, 1.165) is 44.6 Å². The summed E-state index contributed by atoms with van der Waals surface area (Å²) in [5.74, 6) is 0. The number of furan rings is 1. The van der Waals surface area contributed by atoms with E-state index in [1.807, 2.05) is 6.07 Å². The Bertz CT molecular complexity index is 2870. The van der Waals surface area contributed by atoms with Crippen LogP contribution in [0.3, 0.4) is 0 Å². The third-order valence-electron chi connectivity index (χ3n) is 10.0. The summed E-state index contributed by atoms with van der Waals surface area (Å²) in [7, 11) is 0. The van der Waals surface area contributed by atoms with E-state index >= 15 is 0 Å². The summed E-state index contributed by atoms with van der Waals surface area (Å²) in [5, 5.41) is 9.62. The molecule has 2 heteroatoms. The minimum atomic E-state index is 0.865. The molecule has 234 valence electrons. The van der Waals surface area contributed by atoms with Crippen LogP contribution < -0.4 is 4.90 Å². The van der Waals surface area contributed by atoms with E-state index in [1.165, 1.54) is 49.0 Å². The first kappa shape index (κ1) is 28.4. The van der Waals surface area contributed by atoms with Crippen molar-refractivity contribution in [2.24, 2.45) is 0 Å². The predicted octanol–water partition coefficient (Wildman–Crippen LogP) is 13.8. The van der Waals surface area contributed by atoms with Gasteiger partial charge in [0.25, 0.3) is 0 Å². The molecule has 50 heavy (non-hydrogen) atoms. The van der Waals surface area contributed by atoms with Gasteiger partial charge in [0.2, 0.25) is 0 Å². The largest absolute Gasteiger partial charge is 0.454 e. The van der Waals surface area contributed by atoms with E-state index in [9.17, 15) is 0 Å². The highest BCUT2D eigenvalue weighted by Gasteiger charge is 2.20. The molecule has 0 N–H and O–H groups in total. The molecular formula is C48H31NO. The average Bonchev–Trinajstić information content (AvgIpc) is 3.57. The number of para-hydroxylation sites is 1. The van der Waals surface area contributed by atoms with Gasteiger partial charge in [0, 0.05) is 22.1 Å². The van der Waals surface area contributed by atoms with Gasteiger partial charge >= 0.3 is 0 Å². The van der Waals surface area contributed by atoms with Gasteiger partial charge in [0.05, 0.1) is 5.69 Å². The summed E-state index contributed by atoms with van der Waals surface area (Å²) >= 11 is 0. The van der Waals surface area contributed by atoms with Crippen LogP contribution in [0.2, 0.25) is 0 Å². The van der Waals surface area contributed by atoms with E-state index in [-0.39, 0.29) is 0 Å². The highest BCUT2D eigenvalue weighted by Crippen LogP contribution is 2.44. The molecular weight excluding hydrogens is 607 g/mol. The number of hydrogen-bond acceptors (Lipinski definition) is 2. The van der Waals surface area contributed by atoms with Gasteiger partial charge in [-0.15, -0.1) is 0 Å². The van der Waals surface area contributed by atoms with Crippen LogP contribution in [0.25, 0.3) is 76.5 Å². The monoisotopic (exact) mass is 637 g/mol. The highest BCUT2D eigenvalue weighted by atomic mass is 16.3. The SMILES string of the molecule is c1ccc(-c2ccc3c(c2)oc2c(N(c4ccc(-c5ccc6ccccc6c5)cc4)c4ccc5ccc6ccccc6c5c4)cccc23)cc1. The van der Waals surface area contributed by atoms with Crippen LogP contribution in [-0.4, -0.2) is 0 Å². The fourth-order valence-electron chi connectivity index (χ4n) is 7.50. The van der Waals surface area contributed by atoms with Gasteiger partial charge in [-0.2, -0.15) is 0 Å². The molecule has 0 spiro atoms. The van der Waals surface area contributed by atoms with E-state index in [0.29, 0.717) is 0 Å². The molecule has 0 fully saturated rings. The zero-order valence-electron chi connectivity index (χ0n) is 27.3. The summed E-state index contributed by atoms with van der Waals surface area (Å²) in [6, 6.07) is 67.5. The summed E-state index contributed by atoms with van der Waals surface area (Å²) < 4.78 is 6.82. The lowest BCUT2D eigenvalue weighted by Crippen LogP contribution is -2.10. The summed E-state index contributed by atoms with van der Waals surface area (Å²) in [4.78, 5) is 2.34.